The molecule has 0 bridgehead atoms. The summed E-state index contributed by atoms with van der Waals surface area (Å²) in [5.41, 5.74) is 3.44. The molecule has 1 atom stereocenters. The van der Waals surface area contributed by atoms with Crippen LogP contribution < -0.4 is 4.74 Å². The van der Waals surface area contributed by atoms with Gasteiger partial charge in [0, 0.05) is 18.3 Å². The molecule has 8 heteroatoms. The van der Waals surface area contributed by atoms with Crippen LogP contribution in [-0.4, -0.2) is 39.2 Å². The van der Waals surface area contributed by atoms with Crippen LogP contribution in [0.4, 0.5) is 4.39 Å². The van der Waals surface area contributed by atoms with E-state index in [1.165, 1.54) is 12.1 Å². The van der Waals surface area contributed by atoms with Crippen molar-refractivity contribution in [3.8, 4) is 22.7 Å². The summed E-state index contributed by atoms with van der Waals surface area (Å²) in [6, 6.07) is 21.5. The van der Waals surface area contributed by atoms with Crippen LogP contribution in [0.25, 0.3) is 27.2 Å². The molecule has 1 aliphatic heterocycles. The Kier molecular flexibility index (Phi) is 5.73. The summed E-state index contributed by atoms with van der Waals surface area (Å²) < 4.78 is 21.7. The molecule has 1 saturated heterocycles. The van der Waals surface area contributed by atoms with E-state index in [9.17, 15) is 9.18 Å². The molecule has 1 aliphatic rings. The predicted octanol–water partition coefficient (Wildman–Crippen LogP) is 6.27. The lowest BCUT2D eigenvalue weighted by atomic mass is 10.1. The van der Waals surface area contributed by atoms with E-state index in [0.717, 1.165) is 33.6 Å². The Morgan fingerprint density at radius 3 is 2.72 bits per heavy atom. The van der Waals surface area contributed by atoms with Gasteiger partial charge in [0.1, 0.15) is 22.3 Å². The number of fused-ring (bicyclic) bond motifs is 1. The summed E-state index contributed by atoms with van der Waals surface area (Å²) in [7, 11) is 1.61. The largest absolute Gasteiger partial charge is 0.497 e. The van der Waals surface area contributed by atoms with Gasteiger partial charge in [0.15, 0.2) is 0 Å². The van der Waals surface area contributed by atoms with Crippen molar-refractivity contribution in [1.82, 2.24) is 19.7 Å². The smallest absolute Gasteiger partial charge is 0.258 e. The Morgan fingerprint density at radius 2 is 1.92 bits per heavy atom. The molecule has 0 radical (unpaired) electrons. The van der Waals surface area contributed by atoms with Crippen LogP contribution in [0.1, 0.15) is 34.2 Å². The first kappa shape index (κ1) is 22.4. The van der Waals surface area contributed by atoms with Crippen LogP contribution in [0.15, 0.2) is 79.0 Å². The van der Waals surface area contributed by atoms with Gasteiger partial charge in [0.05, 0.1) is 34.6 Å². The van der Waals surface area contributed by atoms with Gasteiger partial charge < -0.3 is 9.64 Å². The number of rotatable bonds is 5. The fourth-order valence-corrected chi connectivity index (χ4v) is 5.81. The van der Waals surface area contributed by atoms with Gasteiger partial charge in [-0.25, -0.2) is 14.1 Å². The SMILES string of the molecule is COc1cccc(-c2nn(-c3ccc(F)cc3)cc2C(=O)N2CCCC2c2nc3ccccc3s2)c1. The summed E-state index contributed by atoms with van der Waals surface area (Å²) in [6.45, 7) is 0.651. The third kappa shape index (κ3) is 4.03. The van der Waals surface area contributed by atoms with E-state index in [4.69, 9.17) is 14.8 Å². The number of carbonyl (C=O) groups is 1. The molecule has 3 aromatic carbocycles. The number of hydrogen-bond donors (Lipinski definition) is 0. The zero-order chi connectivity index (χ0) is 24.6. The van der Waals surface area contributed by atoms with E-state index < -0.39 is 0 Å². The molecule has 0 aliphatic carbocycles. The molecule has 0 saturated carbocycles. The van der Waals surface area contributed by atoms with E-state index in [0.29, 0.717) is 29.2 Å². The lowest BCUT2D eigenvalue weighted by molar-refractivity contribution is 0.0736. The highest BCUT2D eigenvalue weighted by Gasteiger charge is 2.35. The van der Waals surface area contributed by atoms with Crippen molar-refractivity contribution in [2.45, 2.75) is 18.9 Å². The molecule has 5 aromatic rings. The van der Waals surface area contributed by atoms with E-state index in [1.54, 1.807) is 41.5 Å². The zero-order valence-electron chi connectivity index (χ0n) is 19.6. The number of benzene rings is 3. The van der Waals surface area contributed by atoms with Crippen molar-refractivity contribution in [2.75, 3.05) is 13.7 Å². The van der Waals surface area contributed by atoms with Gasteiger partial charge in [-0.05, 0) is 61.4 Å². The number of para-hydroxylation sites is 1. The van der Waals surface area contributed by atoms with Gasteiger partial charge in [-0.3, -0.25) is 4.79 Å². The Labute approximate surface area is 211 Å². The van der Waals surface area contributed by atoms with Crippen LogP contribution in [0.2, 0.25) is 0 Å². The van der Waals surface area contributed by atoms with Crippen LogP contribution in [0.3, 0.4) is 0 Å². The predicted molar refractivity (Wildman–Crippen MR) is 138 cm³/mol. The summed E-state index contributed by atoms with van der Waals surface area (Å²) >= 11 is 1.64. The summed E-state index contributed by atoms with van der Waals surface area (Å²) in [6.07, 6.45) is 3.51. The molecule has 6 rings (SSSR count). The lowest BCUT2D eigenvalue weighted by Crippen LogP contribution is -2.30. The Morgan fingerprint density at radius 1 is 1.08 bits per heavy atom. The summed E-state index contributed by atoms with van der Waals surface area (Å²) in [5, 5.41) is 5.71. The lowest BCUT2D eigenvalue weighted by Gasteiger charge is -2.23. The molecular formula is C28H23FN4O2S. The highest BCUT2D eigenvalue weighted by Crippen LogP contribution is 2.38. The quantitative estimate of drug-likeness (QED) is 0.286. The molecule has 2 aromatic heterocycles. The van der Waals surface area contributed by atoms with Gasteiger partial charge in [0.2, 0.25) is 0 Å². The van der Waals surface area contributed by atoms with Gasteiger partial charge in [-0.15, -0.1) is 11.3 Å². The number of halogens is 1. The van der Waals surface area contributed by atoms with Crippen LogP contribution >= 0.6 is 11.3 Å². The summed E-state index contributed by atoms with van der Waals surface area (Å²) in [4.78, 5) is 20.8. The number of hydrogen-bond acceptors (Lipinski definition) is 5. The first-order valence-corrected chi connectivity index (χ1v) is 12.6. The number of nitrogens with zero attached hydrogens (tertiary/aromatic N) is 4. The number of thiazole rings is 1. The second-order valence-electron chi connectivity index (χ2n) is 8.72. The Balaban J connectivity index is 1.42. The van der Waals surface area contributed by atoms with Crippen molar-refractivity contribution in [3.63, 3.8) is 0 Å². The molecule has 0 N–H and O–H groups in total. The third-order valence-corrected chi connectivity index (χ3v) is 7.63. The van der Waals surface area contributed by atoms with Crippen LogP contribution in [0, 0.1) is 5.82 Å². The number of carbonyl (C=O) groups excluding carboxylic acids is 1. The summed E-state index contributed by atoms with van der Waals surface area (Å²) in [5.74, 6) is 0.254. The maximum absolute atomic E-state index is 14.1. The minimum Gasteiger partial charge on any atom is -0.497 e. The second kappa shape index (κ2) is 9.20. The standard InChI is InChI=1S/C28H23FN4O2S/c1-35-21-7-4-6-18(16-21)26-22(17-33(31-26)20-13-11-19(29)12-14-20)28(34)32-15-5-9-24(32)27-30-23-8-2-3-10-25(23)36-27/h2-4,6-8,10-14,16-17,24H,5,9,15H2,1H3. The average molecular weight is 499 g/mol. The van der Waals surface area contributed by atoms with Crippen LogP contribution in [0.5, 0.6) is 5.75 Å². The monoisotopic (exact) mass is 498 g/mol. The highest BCUT2D eigenvalue weighted by molar-refractivity contribution is 7.18. The van der Waals surface area contributed by atoms with Crippen molar-refractivity contribution >= 4 is 27.5 Å². The molecule has 36 heavy (non-hydrogen) atoms. The van der Waals surface area contributed by atoms with Crippen molar-refractivity contribution in [2.24, 2.45) is 0 Å². The first-order chi connectivity index (χ1) is 17.6. The third-order valence-electron chi connectivity index (χ3n) is 6.49. The van der Waals surface area contributed by atoms with Crippen molar-refractivity contribution < 1.29 is 13.9 Å². The van der Waals surface area contributed by atoms with Gasteiger partial charge >= 0.3 is 0 Å². The number of likely N-dealkylation sites (tertiary alicyclic amines) is 1. The molecule has 3 heterocycles. The normalized spacial score (nSPS) is 15.5. The molecule has 1 fully saturated rings. The molecule has 1 unspecified atom stereocenters. The molecular weight excluding hydrogens is 475 g/mol. The first-order valence-electron chi connectivity index (χ1n) is 11.8. The number of amides is 1. The maximum atomic E-state index is 14.1. The van der Waals surface area contributed by atoms with E-state index in [2.05, 4.69) is 6.07 Å². The minimum atomic E-state index is -0.328. The van der Waals surface area contributed by atoms with Crippen LogP contribution in [-0.2, 0) is 0 Å². The second-order valence-corrected chi connectivity index (χ2v) is 9.78. The number of methoxy groups -OCH3 is 1. The molecule has 6 nitrogen and oxygen atoms in total. The van der Waals surface area contributed by atoms with Crippen molar-refractivity contribution in [1.29, 1.82) is 0 Å². The van der Waals surface area contributed by atoms with Crippen molar-refractivity contribution in [3.05, 3.63) is 95.4 Å². The number of aromatic nitrogens is 3. The van der Waals surface area contributed by atoms with Gasteiger partial charge in [-0.1, -0.05) is 24.3 Å². The number of ether oxygens (including phenoxy) is 1. The van der Waals surface area contributed by atoms with E-state index >= 15 is 0 Å². The highest BCUT2D eigenvalue weighted by atomic mass is 32.1. The fraction of sp³-hybridized carbons (Fsp3) is 0.179. The minimum absolute atomic E-state index is 0.0813. The average Bonchev–Trinajstić information content (AvgIpc) is 3.66. The molecule has 180 valence electrons. The topological polar surface area (TPSA) is 60.3 Å². The molecule has 1 amide bonds. The van der Waals surface area contributed by atoms with E-state index in [-0.39, 0.29) is 17.8 Å². The Hall–Kier alpha value is -4.04. The van der Waals surface area contributed by atoms with Gasteiger partial charge in [-0.2, -0.15) is 5.10 Å². The Bertz CT molecular complexity index is 1530. The maximum Gasteiger partial charge on any atom is 0.258 e. The van der Waals surface area contributed by atoms with Gasteiger partial charge in [0.25, 0.3) is 5.91 Å². The molecule has 0 spiro atoms. The zero-order valence-corrected chi connectivity index (χ0v) is 20.4. The van der Waals surface area contributed by atoms with E-state index in [1.807, 2.05) is 47.4 Å². The fourth-order valence-electron chi connectivity index (χ4n) is 4.69.